The molecule has 6 nitrogen and oxygen atoms in total. The SMILES string of the molecule is CC[C@]12C=CCN3CCC4(c5ccc(OC)cc5N(C)C4C(O)C1OC(C)=O)C32. The molecule has 1 aromatic carbocycles. The van der Waals surface area contributed by atoms with Crippen LogP contribution in [0.15, 0.2) is 30.4 Å². The van der Waals surface area contributed by atoms with Gasteiger partial charge in [0.15, 0.2) is 0 Å². The van der Waals surface area contributed by atoms with Gasteiger partial charge < -0.3 is 19.5 Å². The van der Waals surface area contributed by atoms with Crippen molar-refractivity contribution in [1.29, 1.82) is 0 Å². The molecule has 4 aliphatic rings. The Hall–Kier alpha value is -2.05. The topological polar surface area (TPSA) is 62.2 Å². The highest BCUT2D eigenvalue weighted by molar-refractivity contribution is 5.70. The van der Waals surface area contributed by atoms with Crippen LogP contribution in [0.1, 0.15) is 32.3 Å². The first-order valence-electron chi connectivity index (χ1n) is 10.6. The summed E-state index contributed by atoms with van der Waals surface area (Å²) in [6, 6.07) is 6.33. The zero-order chi connectivity index (χ0) is 20.6. The third kappa shape index (κ3) is 2.16. The fourth-order valence-electron chi connectivity index (χ4n) is 7.14. The van der Waals surface area contributed by atoms with Gasteiger partial charge in [-0.1, -0.05) is 25.1 Å². The second-order valence-electron chi connectivity index (χ2n) is 9.02. The fourth-order valence-corrected chi connectivity index (χ4v) is 7.14. The predicted molar refractivity (Wildman–Crippen MR) is 110 cm³/mol. The molecule has 0 amide bonds. The number of hydrogen-bond donors (Lipinski definition) is 1. The smallest absolute Gasteiger partial charge is 0.303 e. The van der Waals surface area contributed by atoms with Crippen molar-refractivity contribution in [2.75, 3.05) is 32.1 Å². The quantitative estimate of drug-likeness (QED) is 0.622. The third-order valence-electron chi connectivity index (χ3n) is 8.04. The first kappa shape index (κ1) is 18.9. The lowest BCUT2D eigenvalue weighted by Crippen LogP contribution is -2.74. The molecule has 2 fully saturated rings. The summed E-state index contributed by atoms with van der Waals surface area (Å²) in [6.45, 7) is 5.47. The molecule has 0 bridgehead atoms. The van der Waals surface area contributed by atoms with E-state index in [1.807, 2.05) is 13.1 Å². The molecule has 1 aliphatic carbocycles. The summed E-state index contributed by atoms with van der Waals surface area (Å²) in [4.78, 5) is 16.8. The number of benzene rings is 1. The van der Waals surface area contributed by atoms with E-state index < -0.39 is 17.6 Å². The Balaban J connectivity index is 1.76. The highest BCUT2D eigenvalue weighted by Gasteiger charge is 2.73. The summed E-state index contributed by atoms with van der Waals surface area (Å²) in [5.74, 6) is 0.481. The summed E-state index contributed by atoms with van der Waals surface area (Å²) in [5, 5.41) is 11.7. The van der Waals surface area contributed by atoms with E-state index in [1.54, 1.807) is 7.11 Å². The summed E-state index contributed by atoms with van der Waals surface area (Å²) < 4.78 is 11.4. The van der Waals surface area contributed by atoms with Gasteiger partial charge in [-0.3, -0.25) is 9.69 Å². The van der Waals surface area contributed by atoms with Crippen molar-refractivity contribution in [3.05, 3.63) is 35.9 Å². The highest BCUT2D eigenvalue weighted by Crippen LogP contribution is 2.64. The minimum absolute atomic E-state index is 0.143. The average molecular weight is 399 g/mol. The van der Waals surface area contributed by atoms with Crippen LogP contribution in [0.3, 0.4) is 0 Å². The molecular weight excluding hydrogens is 368 g/mol. The Kier molecular flexibility index (Phi) is 4.07. The van der Waals surface area contributed by atoms with E-state index in [0.29, 0.717) is 0 Å². The van der Waals surface area contributed by atoms with E-state index in [4.69, 9.17) is 9.47 Å². The zero-order valence-electron chi connectivity index (χ0n) is 17.6. The van der Waals surface area contributed by atoms with E-state index >= 15 is 0 Å². The number of carbonyl (C=O) groups is 1. The van der Waals surface area contributed by atoms with Crippen molar-refractivity contribution in [2.45, 2.75) is 56.4 Å². The molecular formula is C23H30N2O4. The molecule has 1 spiro atoms. The molecule has 1 aromatic rings. The van der Waals surface area contributed by atoms with Crippen LogP contribution >= 0.6 is 0 Å². The van der Waals surface area contributed by atoms with Gasteiger partial charge >= 0.3 is 5.97 Å². The van der Waals surface area contributed by atoms with E-state index in [1.165, 1.54) is 12.5 Å². The number of aliphatic hydroxyl groups is 1. The van der Waals surface area contributed by atoms with Crippen molar-refractivity contribution in [3.63, 3.8) is 0 Å². The Morgan fingerprint density at radius 1 is 1.38 bits per heavy atom. The van der Waals surface area contributed by atoms with Gasteiger partial charge in [0.1, 0.15) is 18.0 Å². The Bertz CT molecular complexity index is 886. The normalized spacial score (nSPS) is 39.7. The number of aliphatic hydroxyl groups excluding tert-OH is 1. The minimum Gasteiger partial charge on any atom is -0.497 e. The first-order chi connectivity index (χ1) is 13.9. The minimum atomic E-state index is -0.777. The molecule has 5 unspecified atom stereocenters. The number of ether oxygens (including phenoxy) is 2. The number of hydrogen-bond acceptors (Lipinski definition) is 6. The standard InChI is InChI=1S/C23H30N2O4/c1-5-22-9-6-11-25-12-10-23(21(22)25)16-8-7-15(28-4)13-17(16)24(3)19(23)18(27)20(22)29-14(2)26/h6-9,13,18-21,27H,5,10-12H2,1-4H3/t18?,19?,20?,21?,22-,23?/m0/s1. The summed E-state index contributed by atoms with van der Waals surface area (Å²) in [7, 11) is 3.73. The zero-order valence-corrected chi connectivity index (χ0v) is 17.6. The average Bonchev–Trinajstić information content (AvgIpc) is 3.22. The van der Waals surface area contributed by atoms with Crippen LogP contribution in [-0.2, 0) is 14.9 Å². The lowest BCUT2D eigenvalue weighted by molar-refractivity contribution is -0.184. The van der Waals surface area contributed by atoms with Gasteiger partial charge in [0.25, 0.3) is 0 Å². The molecule has 0 aromatic heterocycles. The third-order valence-corrected chi connectivity index (χ3v) is 8.04. The van der Waals surface area contributed by atoms with Gasteiger partial charge in [0.05, 0.1) is 13.2 Å². The van der Waals surface area contributed by atoms with Gasteiger partial charge in [-0.25, -0.2) is 0 Å². The van der Waals surface area contributed by atoms with Crippen LogP contribution in [0.4, 0.5) is 5.69 Å². The van der Waals surface area contributed by atoms with Crippen LogP contribution in [0.2, 0.25) is 0 Å². The summed E-state index contributed by atoms with van der Waals surface area (Å²) in [6.07, 6.45) is 4.87. The lowest BCUT2D eigenvalue weighted by Gasteiger charge is -2.60. The number of esters is 1. The Morgan fingerprint density at radius 2 is 2.17 bits per heavy atom. The van der Waals surface area contributed by atoms with Gasteiger partial charge in [-0.15, -0.1) is 0 Å². The number of anilines is 1. The summed E-state index contributed by atoms with van der Waals surface area (Å²) >= 11 is 0. The predicted octanol–water partition coefficient (Wildman–Crippen LogP) is 2.10. The molecule has 1 saturated carbocycles. The molecule has 3 aliphatic heterocycles. The van der Waals surface area contributed by atoms with E-state index in [-0.39, 0.29) is 23.5 Å². The van der Waals surface area contributed by atoms with Crippen molar-refractivity contribution < 1.29 is 19.4 Å². The molecule has 1 N–H and O–H groups in total. The maximum Gasteiger partial charge on any atom is 0.303 e. The van der Waals surface area contributed by atoms with Crippen LogP contribution < -0.4 is 9.64 Å². The second-order valence-corrected chi connectivity index (χ2v) is 9.02. The van der Waals surface area contributed by atoms with Gasteiger partial charge in [-0.05, 0) is 31.0 Å². The molecule has 6 heteroatoms. The molecule has 29 heavy (non-hydrogen) atoms. The largest absolute Gasteiger partial charge is 0.497 e. The molecule has 1 saturated heterocycles. The van der Waals surface area contributed by atoms with Crippen molar-refractivity contribution in [1.82, 2.24) is 4.90 Å². The van der Waals surface area contributed by atoms with Crippen molar-refractivity contribution >= 4 is 11.7 Å². The van der Waals surface area contributed by atoms with Crippen LogP contribution in [0.5, 0.6) is 5.75 Å². The number of rotatable bonds is 3. The van der Waals surface area contributed by atoms with Crippen LogP contribution in [-0.4, -0.2) is 67.5 Å². The van der Waals surface area contributed by atoms with Crippen LogP contribution in [0, 0.1) is 5.41 Å². The molecule has 5 rings (SSSR count). The highest BCUT2D eigenvalue weighted by atomic mass is 16.6. The maximum absolute atomic E-state index is 12.0. The van der Waals surface area contributed by atoms with E-state index in [2.05, 4.69) is 41.0 Å². The molecule has 3 heterocycles. The Labute approximate surface area is 172 Å². The Morgan fingerprint density at radius 3 is 2.86 bits per heavy atom. The second kappa shape index (κ2) is 6.22. The van der Waals surface area contributed by atoms with Crippen molar-refractivity contribution in [3.8, 4) is 5.75 Å². The first-order valence-corrected chi connectivity index (χ1v) is 10.6. The monoisotopic (exact) mass is 398 g/mol. The molecule has 0 radical (unpaired) electrons. The van der Waals surface area contributed by atoms with Gasteiger partial charge in [0.2, 0.25) is 0 Å². The van der Waals surface area contributed by atoms with Gasteiger partial charge in [0, 0.05) is 49.1 Å². The van der Waals surface area contributed by atoms with E-state index in [0.717, 1.165) is 37.4 Å². The van der Waals surface area contributed by atoms with Crippen LogP contribution in [0.25, 0.3) is 0 Å². The molecule has 6 atom stereocenters. The number of methoxy groups -OCH3 is 1. The summed E-state index contributed by atoms with van der Waals surface area (Å²) in [5.41, 5.74) is 1.79. The number of carbonyl (C=O) groups excluding carboxylic acids is 1. The van der Waals surface area contributed by atoms with Gasteiger partial charge in [-0.2, -0.15) is 0 Å². The molecule has 156 valence electrons. The van der Waals surface area contributed by atoms with E-state index in [9.17, 15) is 9.90 Å². The number of nitrogens with zero attached hydrogens (tertiary/aromatic N) is 2. The maximum atomic E-state index is 12.0. The fraction of sp³-hybridized carbons (Fsp3) is 0.609. The number of fused-ring (bicyclic) bond motifs is 1. The van der Waals surface area contributed by atoms with Crippen molar-refractivity contribution in [2.24, 2.45) is 5.41 Å². The number of likely N-dealkylation sites (N-methyl/N-ethyl adjacent to an activating group) is 1. The lowest BCUT2D eigenvalue weighted by atomic mass is 9.51.